The third-order valence-corrected chi connectivity index (χ3v) is 4.02. The molecule has 7 heteroatoms. The van der Waals surface area contributed by atoms with Gasteiger partial charge >= 0.3 is 17.8 Å². The van der Waals surface area contributed by atoms with Crippen LogP contribution in [-0.2, 0) is 27.3 Å². The lowest BCUT2D eigenvalue weighted by molar-refractivity contribution is -0.144. The van der Waals surface area contributed by atoms with Crippen LogP contribution in [0.25, 0.3) is 0 Å². The number of imide groups is 2. The molecule has 1 fully saturated rings. The second-order valence-electron chi connectivity index (χ2n) is 5.64. The molecule has 1 aromatic rings. The van der Waals surface area contributed by atoms with E-state index in [0.29, 0.717) is 11.4 Å². The van der Waals surface area contributed by atoms with Crippen LogP contribution in [0.1, 0.15) is 25.0 Å². The maximum absolute atomic E-state index is 12.3. The predicted octanol–water partition coefficient (Wildman–Crippen LogP) is 1.02. The SMILES string of the molecule is CCc1ccc(CN(C)C(=O)CN2C(=O)C(=O)N(CC)C2=O)cc1. The Kier molecular flexibility index (Phi) is 5.33. The number of benzene rings is 1. The van der Waals surface area contributed by atoms with E-state index in [-0.39, 0.29) is 6.54 Å². The first kappa shape index (κ1) is 17.7. The Morgan fingerprint density at radius 3 is 2.00 bits per heavy atom. The third kappa shape index (κ3) is 3.45. The van der Waals surface area contributed by atoms with Crippen LogP contribution in [0.2, 0.25) is 0 Å². The van der Waals surface area contributed by atoms with Gasteiger partial charge in [0.2, 0.25) is 5.91 Å². The van der Waals surface area contributed by atoms with E-state index in [9.17, 15) is 19.2 Å². The minimum atomic E-state index is -0.948. The minimum Gasteiger partial charge on any atom is -0.340 e. The lowest BCUT2D eigenvalue weighted by Crippen LogP contribution is -2.42. The number of rotatable bonds is 6. The van der Waals surface area contributed by atoms with Gasteiger partial charge in [-0.25, -0.2) is 9.69 Å². The molecule has 0 aliphatic carbocycles. The smallest absolute Gasteiger partial charge is 0.334 e. The summed E-state index contributed by atoms with van der Waals surface area (Å²) >= 11 is 0. The Morgan fingerprint density at radius 2 is 1.50 bits per heavy atom. The molecule has 7 nitrogen and oxygen atoms in total. The summed E-state index contributed by atoms with van der Waals surface area (Å²) < 4.78 is 0. The topological polar surface area (TPSA) is 78.0 Å². The molecule has 0 radical (unpaired) electrons. The van der Waals surface area contributed by atoms with Crippen LogP contribution < -0.4 is 0 Å². The first-order valence-electron chi connectivity index (χ1n) is 7.88. The van der Waals surface area contributed by atoms with Gasteiger partial charge in [0, 0.05) is 20.1 Å². The van der Waals surface area contributed by atoms with E-state index in [1.165, 1.54) is 10.5 Å². The predicted molar refractivity (Wildman–Crippen MR) is 86.8 cm³/mol. The van der Waals surface area contributed by atoms with Crippen LogP contribution >= 0.6 is 0 Å². The second-order valence-corrected chi connectivity index (χ2v) is 5.64. The van der Waals surface area contributed by atoms with Gasteiger partial charge in [0.15, 0.2) is 0 Å². The van der Waals surface area contributed by atoms with Crippen molar-refractivity contribution in [3.8, 4) is 0 Å². The highest BCUT2D eigenvalue weighted by Gasteiger charge is 2.44. The van der Waals surface area contributed by atoms with Gasteiger partial charge in [-0.05, 0) is 24.5 Å². The number of hydrogen-bond donors (Lipinski definition) is 0. The molecule has 1 aromatic carbocycles. The standard InChI is InChI=1S/C17H21N3O4/c1-4-12-6-8-13(9-7-12)10-18(3)14(21)11-20-16(23)15(22)19(5-2)17(20)24/h6-9H,4-5,10-11H2,1-3H3. The molecule has 24 heavy (non-hydrogen) atoms. The van der Waals surface area contributed by atoms with Crippen molar-refractivity contribution in [1.29, 1.82) is 0 Å². The van der Waals surface area contributed by atoms with E-state index in [1.807, 2.05) is 24.3 Å². The highest BCUT2D eigenvalue weighted by molar-refractivity contribution is 6.45. The van der Waals surface area contributed by atoms with Crippen LogP contribution in [0.3, 0.4) is 0 Å². The summed E-state index contributed by atoms with van der Waals surface area (Å²) in [6.07, 6.45) is 0.941. The largest absolute Gasteiger partial charge is 0.340 e. The van der Waals surface area contributed by atoms with E-state index >= 15 is 0 Å². The number of likely N-dealkylation sites (N-methyl/N-ethyl adjacent to an activating group) is 2. The molecule has 1 aliphatic rings. The fourth-order valence-corrected chi connectivity index (χ4v) is 2.47. The number of carbonyl (C=O) groups is 4. The van der Waals surface area contributed by atoms with Crippen LogP contribution in [0.15, 0.2) is 24.3 Å². The number of amides is 5. The molecule has 0 saturated carbocycles. The number of hydrogen-bond acceptors (Lipinski definition) is 4. The summed E-state index contributed by atoms with van der Waals surface area (Å²) in [5, 5.41) is 0. The van der Waals surface area contributed by atoms with E-state index in [4.69, 9.17) is 0 Å². The summed E-state index contributed by atoms with van der Waals surface area (Å²) in [4.78, 5) is 50.7. The highest BCUT2D eigenvalue weighted by atomic mass is 16.2. The zero-order valence-corrected chi connectivity index (χ0v) is 14.1. The minimum absolute atomic E-state index is 0.105. The molecular formula is C17H21N3O4. The maximum atomic E-state index is 12.3. The lowest BCUT2D eigenvalue weighted by Gasteiger charge is -2.20. The van der Waals surface area contributed by atoms with Crippen LogP contribution in [0, 0.1) is 0 Å². The zero-order valence-electron chi connectivity index (χ0n) is 14.1. The molecule has 1 heterocycles. The summed E-state index contributed by atoms with van der Waals surface area (Å²) in [7, 11) is 1.60. The van der Waals surface area contributed by atoms with Gasteiger partial charge in [0.25, 0.3) is 0 Å². The maximum Gasteiger partial charge on any atom is 0.334 e. The van der Waals surface area contributed by atoms with Crippen molar-refractivity contribution in [2.75, 3.05) is 20.1 Å². The molecule has 0 bridgehead atoms. The highest BCUT2D eigenvalue weighted by Crippen LogP contribution is 2.13. The van der Waals surface area contributed by atoms with E-state index in [0.717, 1.165) is 16.9 Å². The van der Waals surface area contributed by atoms with Gasteiger partial charge in [-0.15, -0.1) is 0 Å². The van der Waals surface area contributed by atoms with Crippen LogP contribution in [-0.4, -0.2) is 58.6 Å². The summed E-state index contributed by atoms with van der Waals surface area (Å²) in [5.74, 6) is -2.23. The second kappa shape index (κ2) is 7.25. The molecule has 0 spiro atoms. The number of carbonyl (C=O) groups excluding carboxylic acids is 4. The molecule has 128 valence electrons. The molecule has 0 aromatic heterocycles. The summed E-state index contributed by atoms with van der Waals surface area (Å²) in [6.45, 7) is 3.71. The molecule has 0 N–H and O–H groups in total. The van der Waals surface area contributed by atoms with Crippen molar-refractivity contribution < 1.29 is 19.2 Å². The van der Waals surface area contributed by atoms with Crippen molar-refractivity contribution in [2.24, 2.45) is 0 Å². The molecule has 0 unspecified atom stereocenters. The van der Waals surface area contributed by atoms with Crippen LogP contribution in [0.4, 0.5) is 4.79 Å². The molecule has 1 aliphatic heterocycles. The summed E-state index contributed by atoms with van der Waals surface area (Å²) in [6, 6.07) is 7.15. The number of urea groups is 1. The quantitative estimate of drug-likeness (QED) is 0.576. The Hall–Kier alpha value is -2.70. The molecule has 5 amide bonds. The van der Waals surface area contributed by atoms with Crippen LogP contribution in [0.5, 0.6) is 0 Å². The number of nitrogens with zero attached hydrogens (tertiary/aromatic N) is 3. The van der Waals surface area contributed by atoms with Gasteiger partial charge < -0.3 is 4.90 Å². The monoisotopic (exact) mass is 331 g/mol. The average Bonchev–Trinajstić information content (AvgIpc) is 2.78. The fourth-order valence-electron chi connectivity index (χ4n) is 2.47. The van der Waals surface area contributed by atoms with E-state index in [1.54, 1.807) is 14.0 Å². The first-order chi connectivity index (χ1) is 11.4. The lowest BCUT2D eigenvalue weighted by atomic mass is 10.1. The van der Waals surface area contributed by atoms with Gasteiger partial charge in [0.1, 0.15) is 6.54 Å². The Bertz CT molecular complexity index is 669. The van der Waals surface area contributed by atoms with E-state index in [2.05, 4.69) is 6.92 Å². The molecule has 2 rings (SSSR count). The van der Waals surface area contributed by atoms with Crippen molar-refractivity contribution in [1.82, 2.24) is 14.7 Å². The van der Waals surface area contributed by atoms with Gasteiger partial charge in [-0.1, -0.05) is 31.2 Å². The van der Waals surface area contributed by atoms with Gasteiger partial charge in [-0.3, -0.25) is 19.3 Å². The Balaban J connectivity index is 1.99. The zero-order chi connectivity index (χ0) is 17.9. The van der Waals surface area contributed by atoms with Gasteiger partial charge in [-0.2, -0.15) is 0 Å². The fraction of sp³-hybridized carbons (Fsp3) is 0.412. The first-order valence-corrected chi connectivity index (χ1v) is 7.88. The van der Waals surface area contributed by atoms with Crippen molar-refractivity contribution in [2.45, 2.75) is 26.8 Å². The molecule has 1 saturated heterocycles. The van der Waals surface area contributed by atoms with Crippen molar-refractivity contribution in [3.05, 3.63) is 35.4 Å². The Labute approximate surface area is 140 Å². The molecule has 0 atom stereocenters. The van der Waals surface area contributed by atoms with Crippen molar-refractivity contribution >= 4 is 23.8 Å². The summed E-state index contributed by atoms with van der Waals surface area (Å²) in [5.41, 5.74) is 2.16. The average molecular weight is 331 g/mol. The number of aryl methyl sites for hydroxylation is 1. The normalized spacial score (nSPS) is 14.5. The Morgan fingerprint density at radius 1 is 0.958 bits per heavy atom. The van der Waals surface area contributed by atoms with Crippen molar-refractivity contribution in [3.63, 3.8) is 0 Å². The van der Waals surface area contributed by atoms with E-state index < -0.39 is 30.3 Å². The molecular weight excluding hydrogens is 310 g/mol. The van der Waals surface area contributed by atoms with Gasteiger partial charge in [0.05, 0.1) is 0 Å². The third-order valence-electron chi connectivity index (χ3n) is 4.02.